The first kappa shape index (κ1) is 11.3. The Balaban J connectivity index is 2.57. The molecule has 0 saturated heterocycles. The minimum atomic E-state index is 0.342. The molecule has 0 aliphatic carbocycles. The monoisotopic (exact) mass is 258 g/mol. The lowest BCUT2D eigenvalue weighted by Crippen LogP contribution is -2.20. The van der Waals surface area contributed by atoms with Crippen molar-refractivity contribution in [3.8, 4) is 5.75 Å². The first-order valence-corrected chi connectivity index (χ1v) is 5.65. The van der Waals surface area contributed by atoms with Crippen LogP contribution in [0.25, 0.3) is 22.1 Å². The van der Waals surface area contributed by atoms with Gasteiger partial charge in [-0.25, -0.2) is 0 Å². The summed E-state index contributed by atoms with van der Waals surface area (Å²) in [5.41, 5.74) is 7.54. The number of nitrogens with two attached hydrogens (primary N) is 1. The van der Waals surface area contributed by atoms with Crippen LogP contribution in [0.3, 0.4) is 0 Å². The van der Waals surface area contributed by atoms with Gasteiger partial charge in [-0.05, 0) is 18.2 Å². The van der Waals surface area contributed by atoms with E-state index in [0.29, 0.717) is 33.5 Å². The van der Waals surface area contributed by atoms with Gasteiger partial charge in [0.1, 0.15) is 5.75 Å². The van der Waals surface area contributed by atoms with E-state index in [0.717, 1.165) is 9.16 Å². The molecule has 0 aliphatic rings. The lowest BCUT2D eigenvalue weighted by atomic mass is 10.2. The zero-order chi connectivity index (χ0) is 13.6. The van der Waals surface area contributed by atoms with E-state index >= 15 is 0 Å². The molecule has 2 aromatic carbocycles. The molecule has 3 N–H and O–H groups in total. The van der Waals surface area contributed by atoms with E-state index in [1.54, 1.807) is 36.4 Å². The first-order chi connectivity index (χ1) is 9.11. The van der Waals surface area contributed by atoms with Crippen molar-refractivity contribution in [2.45, 2.75) is 0 Å². The van der Waals surface area contributed by atoms with Gasteiger partial charge in [-0.15, -0.1) is 0 Å². The molecule has 1 heterocycles. The van der Waals surface area contributed by atoms with Gasteiger partial charge in [0.15, 0.2) is 11.0 Å². The predicted octanol–water partition coefficient (Wildman–Crippen LogP) is 1.54. The Hall–Kier alpha value is -2.76. The second-order valence-corrected chi connectivity index (χ2v) is 4.21. The van der Waals surface area contributed by atoms with Crippen molar-refractivity contribution in [2.24, 2.45) is 0 Å². The minimum absolute atomic E-state index is 0.342. The van der Waals surface area contributed by atoms with Crippen molar-refractivity contribution in [2.75, 3.05) is 12.8 Å². The Kier molecular flexibility index (Phi) is 2.31. The van der Waals surface area contributed by atoms with E-state index < -0.39 is 0 Å². The largest absolute Gasteiger partial charge is 0.497 e. The van der Waals surface area contributed by atoms with E-state index in [1.165, 1.54) is 7.11 Å². The summed E-state index contributed by atoms with van der Waals surface area (Å²) in [5, 5.41) is 10.2. The summed E-state index contributed by atoms with van der Waals surface area (Å²) in [5.74, 6) is 0.554. The van der Waals surface area contributed by atoms with Crippen molar-refractivity contribution < 1.29 is 14.4 Å². The van der Waals surface area contributed by atoms with Crippen molar-refractivity contribution >= 4 is 27.8 Å². The van der Waals surface area contributed by atoms with E-state index in [9.17, 15) is 10.1 Å². The fourth-order valence-electron chi connectivity index (χ4n) is 2.11. The van der Waals surface area contributed by atoms with Gasteiger partial charge in [0.25, 0.3) is 11.0 Å². The molecule has 0 aliphatic heterocycles. The zero-order valence-electron chi connectivity index (χ0n) is 10.2. The number of benzene rings is 2. The quantitative estimate of drug-likeness (QED) is 0.300. The van der Waals surface area contributed by atoms with Crippen LogP contribution in [0.15, 0.2) is 36.4 Å². The second kappa shape index (κ2) is 3.88. The van der Waals surface area contributed by atoms with E-state index in [1.807, 2.05) is 0 Å². The van der Waals surface area contributed by atoms with Crippen molar-refractivity contribution in [3.05, 3.63) is 41.3 Å². The predicted molar refractivity (Wildman–Crippen MR) is 71.0 cm³/mol. The zero-order valence-corrected chi connectivity index (χ0v) is 10.2. The van der Waals surface area contributed by atoms with Crippen molar-refractivity contribution in [1.82, 2.24) is 4.73 Å². The van der Waals surface area contributed by atoms with Gasteiger partial charge < -0.3 is 15.7 Å². The second-order valence-electron chi connectivity index (χ2n) is 4.21. The maximum atomic E-state index is 12.3. The first-order valence-electron chi connectivity index (χ1n) is 5.65. The molecule has 1 aromatic heterocycles. The minimum Gasteiger partial charge on any atom is -0.497 e. The number of anilines is 1. The number of hydrogen-bond acceptors (Lipinski definition) is 4. The van der Waals surface area contributed by atoms with Gasteiger partial charge in [0, 0.05) is 28.8 Å². The highest BCUT2D eigenvalue weighted by Crippen LogP contribution is 2.22. The molecule has 3 rings (SSSR count). The molecule has 6 nitrogen and oxygen atoms in total. The molecular weight excluding hydrogens is 246 g/mol. The van der Waals surface area contributed by atoms with Crippen LogP contribution in [-0.4, -0.2) is 17.0 Å². The van der Waals surface area contributed by atoms with Crippen LogP contribution >= 0.6 is 0 Å². The van der Waals surface area contributed by atoms with Crippen LogP contribution in [0.2, 0.25) is 0 Å². The summed E-state index contributed by atoms with van der Waals surface area (Å²) < 4.78 is 6.80. The maximum absolute atomic E-state index is 12.3. The molecular formula is C13H12N3O3+. The Labute approximate surface area is 107 Å². The molecule has 19 heavy (non-hydrogen) atoms. The third kappa shape index (κ3) is 1.57. The number of methoxy groups -OCH3 is 1. The Morgan fingerprint density at radius 3 is 2.47 bits per heavy atom. The lowest BCUT2D eigenvalue weighted by Gasteiger charge is -2.05. The fraction of sp³-hybridized carbons (Fsp3) is 0.0769. The summed E-state index contributed by atoms with van der Waals surface area (Å²) >= 11 is 0. The normalized spacial score (nSPS) is 11.0. The molecule has 0 bridgehead atoms. The molecule has 0 unspecified atom stereocenters. The number of hydrogen-bond donors (Lipinski definition) is 2. The molecule has 0 saturated carbocycles. The number of rotatable bonds is 1. The maximum Gasteiger partial charge on any atom is 0.290 e. The third-order valence-corrected chi connectivity index (χ3v) is 3.08. The number of aromatic nitrogens is 2. The van der Waals surface area contributed by atoms with Gasteiger partial charge in [-0.2, -0.15) is 4.73 Å². The molecule has 0 spiro atoms. The molecule has 0 amide bonds. The van der Waals surface area contributed by atoms with E-state index in [-0.39, 0.29) is 0 Å². The van der Waals surface area contributed by atoms with Gasteiger partial charge >= 0.3 is 0 Å². The molecule has 96 valence electrons. The van der Waals surface area contributed by atoms with Crippen LogP contribution in [0, 0.1) is 4.91 Å². The third-order valence-electron chi connectivity index (χ3n) is 3.08. The number of fused-ring (bicyclic) bond motifs is 2. The highest BCUT2D eigenvalue weighted by atomic mass is 16.5. The molecule has 3 aromatic rings. The van der Waals surface area contributed by atoms with Crippen LogP contribution in [0.4, 0.5) is 5.69 Å². The van der Waals surface area contributed by atoms with Crippen molar-refractivity contribution in [1.29, 1.82) is 0 Å². The van der Waals surface area contributed by atoms with E-state index in [2.05, 4.69) is 0 Å². The Morgan fingerprint density at radius 1 is 1.16 bits per heavy atom. The van der Waals surface area contributed by atoms with Gasteiger partial charge in [-0.1, -0.05) is 0 Å². The highest BCUT2D eigenvalue weighted by Gasteiger charge is 2.18. The number of ether oxygens (including phenoxy) is 1. The summed E-state index contributed by atoms with van der Waals surface area (Å²) in [6.07, 6.45) is 0. The SMILES string of the molecule is COc1ccc2c(c1)n(O)c1cc(N)ccc1[n+]2=O. The van der Waals surface area contributed by atoms with Gasteiger partial charge in [-0.3, -0.25) is 0 Å². The molecule has 0 atom stereocenters. The van der Waals surface area contributed by atoms with Crippen LogP contribution in [0.5, 0.6) is 5.75 Å². The van der Waals surface area contributed by atoms with Crippen molar-refractivity contribution in [3.63, 3.8) is 0 Å². The van der Waals surface area contributed by atoms with Crippen LogP contribution in [0.1, 0.15) is 0 Å². The smallest absolute Gasteiger partial charge is 0.290 e. The summed E-state index contributed by atoms with van der Waals surface area (Å²) in [6, 6.07) is 9.60. The lowest BCUT2D eigenvalue weighted by molar-refractivity contribution is -0.433. The van der Waals surface area contributed by atoms with Crippen LogP contribution in [-0.2, 0) is 0 Å². The standard InChI is InChI=1S/C13H12N3O3/c1-19-9-3-5-11-13(7-9)16(18)12-6-8(14)2-4-10(12)15(11)17/h2-7,18H,14H2,1H3/q+1. The Bertz CT molecular complexity index is 855. The number of nitrogens with zero attached hydrogens (tertiary/aromatic N) is 2. The van der Waals surface area contributed by atoms with Gasteiger partial charge in [0.05, 0.1) is 11.5 Å². The van der Waals surface area contributed by atoms with Crippen LogP contribution < -0.4 is 14.9 Å². The van der Waals surface area contributed by atoms with E-state index in [4.69, 9.17) is 10.5 Å². The highest BCUT2D eigenvalue weighted by molar-refractivity contribution is 5.84. The average molecular weight is 258 g/mol. The van der Waals surface area contributed by atoms with Gasteiger partial charge in [0.2, 0.25) is 0 Å². The molecule has 0 fully saturated rings. The summed E-state index contributed by atoms with van der Waals surface area (Å²) in [6.45, 7) is 0. The molecule has 0 radical (unpaired) electrons. The topological polar surface area (TPSA) is 83.4 Å². The summed E-state index contributed by atoms with van der Waals surface area (Å²) in [4.78, 5) is 12.3. The fourth-order valence-corrected chi connectivity index (χ4v) is 2.11. The molecule has 6 heteroatoms. The number of nitrogen functional groups attached to an aromatic ring is 1. The Morgan fingerprint density at radius 2 is 1.79 bits per heavy atom. The summed E-state index contributed by atoms with van der Waals surface area (Å²) in [7, 11) is 1.52. The average Bonchev–Trinajstić information content (AvgIpc) is 2.44.